The van der Waals surface area contributed by atoms with E-state index in [2.05, 4.69) is 4.74 Å². The van der Waals surface area contributed by atoms with Crippen molar-refractivity contribution in [1.29, 1.82) is 0 Å². The highest BCUT2D eigenvalue weighted by Gasteiger charge is 2.50. The molecule has 0 bridgehead atoms. The van der Waals surface area contributed by atoms with Crippen molar-refractivity contribution < 1.29 is 26.7 Å². The first kappa shape index (κ1) is 21.8. The molecule has 2 unspecified atom stereocenters. The van der Waals surface area contributed by atoms with Crippen molar-refractivity contribution in [3.05, 3.63) is 38.3 Å². The summed E-state index contributed by atoms with van der Waals surface area (Å²) in [6, 6.07) is -2.79. The zero-order valence-corrected chi connectivity index (χ0v) is 16.5. The van der Waals surface area contributed by atoms with Gasteiger partial charge in [0, 0.05) is 30.5 Å². The van der Waals surface area contributed by atoms with E-state index in [1.165, 1.54) is 11.8 Å². The molecule has 2 fully saturated rings. The maximum Gasteiger partial charge on any atom is 0.345 e. The maximum atomic E-state index is 15.0. The van der Waals surface area contributed by atoms with Crippen LogP contribution in [0.25, 0.3) is 10.9 Å². The van der Waals surface area contributed by atoms with Crippen LogP contribution < -0.4 is 21.9 Å². The first-order chi connectivity index (χ1) is 14.6. The smallest absolute Gasteiger partial charge is 0.345 e. The molecule has 1 aromatic heterocycles. The normalized spacial score (nSPS) is 22.1. The summed E-state index contributed by atoms with van der Waals surface area (Å²) in [6.45, 7) is -1.85. The number of anilines is 1. The Morgan fingerprint density at radius 1 is 1.29 bits per heavy atom. The Labute approximate surface area is 172 Å². The minimum Gasteiger partial charge on any atom is -0.366 e. The monoisotopic (exact) mass is 448 g/mol. The summed E-state index contributed by atoms with van der Waals surface area (Å²) in [5.41, 5.74) is 2.74. The third-order valence-electron chi connectivity index (χ3n) is 6.00. The molecule has 2 aliphatic rings. The summed E-state index contributed by atoms with van der Waals surface area (Å²) < 4.78 is 75.3. The maximum absolute atomic E-state index is 15.0. The Morgan fingerprint density at radius 3 is 2.55 bits per heavy atom. The Morgan fingerprint density at radius 2 is 1.97 bits per heavy atom. The van der Waals surface area contributed by atoms with Gasteiger partial charge in [0.05, 0.1) is 22.7 Å². The summed E-state index contributed by atoms with van der Waals surface area (Å²) in [4.78, 5) is 27.8. The number of aromatic nitrogens is 2. The highest BCUT2D eigenvalue weighted by Crippen LogP contribution is 2.47. The van der Waals surface area contributed by atoms with Crippen molar-refractivity contribution in [3.8, 4) is 0 Å². The molecule has 1 saturated heterocycles. The number of fused-ring (bicyclic) bond motifs is 1. The lowest BCUT2D eigenvalue weighted by Gasteiger charge is -2.26. The number of halogens is 5. The highest BCUT2D eigenvalue weighted by atomic mass is 19.3. The second-order valence-corrected chi connectivity index (χ2v) is 8.02. The largest absolute Gasteiger partial charge is 0.366 e. The van der Waals surface area contributed by atoms with Gasteiger partial charge in [0.2, 0.25) is 0 Å². The molecular weight excluding hydrogens is 427 g/mol. The van der Waals surface area contributed by atoms with Crippen molar-refractivity contribution in [2.24, 2.45) is 17.6 Å². The van der Waals surface area contributed by atoms with Gasteiger partial charge in [0.25, 0.3) is 5.56 Å². The fourth-order valence-corrected chi connectivity index (χ4v) is 4.36. The lowest BCUT2D eigenvalue weighted by atomic mass is 10.1. The second-order valence-electron chi connectivity index (χ2n) is 8.02. The number of nitrogens with two attached hydrogens (primary N) is 1. The SMILES string of the molecule is Cc1c(N2CC(CN)C(OC(F)F)C2)c(F)cc2c(=O)[nH]c(=O)n(C(F)(F)C3CC3)c12. The molecule has 2 heterocycles. The number of nitrogens with one attached hydrogen (secondary N) is 1. The van der Waals surface area contributed by atoms with E-state index in [1.54, 1.807) is 0 Å². The molecule has 3 N–H and O–H groups in total. The van der Waals surface area contributed by atoms with Gasteiger partial charge in [-0.25, -0.2) is 13.8 Å². The third-order valence-corrected chi connectivity index (χ3v) is 6.00. The van der Waals surface area contributed by atoms with Gasteiger partial charge in [0.1, 0.15) is 5.82 Å². The zero-order chi connectivity index (χ0) is 22.7. The van der Waals surface area contributed by atoms with Crippen molar-refractivity contribution in [2.45, 2.75) is 38.5 Å². The fourth-order valence-electron chi connectivity index (χ4n) is 4.36. The highest BCUT2D eigenvalue weighted by molar-refractivity contribution is 5.87. The lowest BCUT2D eigenvalue weighted by molar-refractivity contribution is -0.165. The molecule has 1 aliphatic carbocycles. The standard InChI is InChI=1S/C19H21F5N4O3/c1-8-14-11(16(29)26-18(30)28(14)19(23,24)10-2-3-10)4-12(20)15(8)27-6-9(5-25)13(7-27)31-17(21)22/h4,9-10,13,17H,2-3,5-7,25H2,1H3,(H,26,29,30). The van der Waals surface area contributed by atoms with Crippen LogP contribution in [-0.4, -0.2) is 41.9 Å². The van der Waals surface area contributed by atoms with E-state index in [0.29, 0.717) is 0 Å². The molecule has 7 nitrogen and oxygen atoms in total. The van der Waals surface area contributed by atoms with E-state index in [-0.39, 0.29) is 53.8 Å². The predicted octanol–water partition coefficient (Wildman–Crippen LogP) is 2.10. The fraction of sp³-hybridized carbons (Fsp3) is 0.579. The summed E-state index contributed by atoms with van der Waals surface area (Å²) >= 11 is 0. The molecular formula is C19H21F5N4O3. The van der Waals surface area contributed by atoms with Gasteiger partial charge in [-0.2, -0.15) is 17.6 Å². The van der Waals surface area contributed by atoms with Crippen LogP contribution >= 0.6 is 0 Å². The van der Waals surface area contributed by atoms with Crippen LogP contribution in [-0.2, 0) is 10.8 Å². The van der Waals surface area contributed by atoms with E-state index in [0.717, 1.165) is 6.07 Å². The number of hydrogen-bond donors (Lipinski definition) is 2. The number of ether oxygens (including phenoxy) is 1. The van der Waals surface area contributed by atoms with E-state index >= 15 is 4.39 Å². The van der Waals surface area contributed by atoms with E-state index in [1.807, 2.05) is 4.98 Å². The average molecular weight is 448 g/mol. The third kappa shape index (κ3) is 3.61. The van der Waals surface area contributed by atoms with Gasteiger partial charge in [-0.3, -0.25) is 9.78 Å². The van der Waals surface area contributed by atoms with Gasteiger partial charge in [-0.05, 0) is 32.4 Å². The molecule has 1 aromatic carbocycles. The van der Waals surface area contributed by atoms with Crippen LogP contribution in [0.2, 0.25) is 0 Å². The van der Waals surface area contributed by atoms with Crippen molar-refractivity contribution in [3.63, 3.8) is 0 Å². The van der Waals surface area contributed by atoms with Gasteiger partial charge < -0.3 is 15.4 Å². The van der Waals surface area contributed by atoms with Gasteiger partial charge >= 0.3 is 18.3 Å². The summed E-state index contributed by atoms with van der Waals surface area (Å²) in [5.74, 6) is -2.51. The van der Waals surface area contributed by atoms with Gasteiger partial charge in [-0.15, -0.1) is 0 Å². The number of aryl methyl sites for hydroxylation is 1. The molecule has 0 spiro atoms. The van der Waals surface area contributed by atoms with Crippen LogP contribution in [0, 0.1) is 24.6 Å². The molecule has 0 amide bonds. The Kier molecular flexibility index (Phi) is 5.32. The topological polar surface area (TPSA) is 93.3 Å². The van der Waals surface area contributed by atoms with E-state index in [9.17, 15) is 27.2 Å². The molecule has 0 radical (unpaired) electrons. The van der Waals surface area contributed by atoms with Crippen molar-refractivity contribution >= 4 is 16.6 Å². The number of nitrogens with zero attached hydrogens (tertiary/aromatic N) is 2. The van der Waals surface area contributed by atoms with Crippen LogP contribution in [0.3, 0.4) is 0 Å². The molecule has 1 aliphatic heterocycles. The molecule has 4 rings (SSSR count). The minimum atomic E-state index is -3.58. The molecule has 2 atom stereocenters. The number of benzene rings is 1. The first-order valence-corrected chi connectivity index (χ1v) is 9.81. The number of H-pyrrole nitrogens is 1. The van der Waals surface area contributed by atoms with Crippen LogP contribution in [0.4, 0.5) is 27.6 Å². The summed E-state index contributed by atoms with van der Waals surface area (Å²) in [7, 11) is 0. The van der Waals surface area contributed by atoms with Gasteiger partial charge in [0.15, 0.2) is 0 Å². The van der Waals surface area contributed by atoms with E-state index in [4.69, 9.17) is 5.73 Å². The minimum absolute atomic E-state index is 0.00768. The molecule has 12 heteroatoms. The first-order valence-electron chi connectivity index (χ1n) is 9.81. The number of rotatable bonds is 6. The zero-order valence-electron chi connectivity index (χ0n) is 16.5. The van der Waals surface area contributed by atoms with E-state index < -0.39 is 53.1 Å². The molecule has 31 heavy (non-hydrogen) atoms. The summed E-state index contributed by atoms with van der Waals surface area (Å²) in [5, 5.41) is -0.395. The molecule has 1 saturated carbocycles. The number of hydrogen-bond acceptors (Lipinski definition) is 5. The van der Waals surface area contributed by atoms with Crippen LogP contribution in [0.5, 0.6) is 0 Å². The Bertz CT molecular complexity index is 1130. The van der Waals surface area contributed by atoms with Gasteiger partial charge in [-0.1, -0.05) is 0 Å². The predicted molar refractivity (Wildman–Crippen MR) is 102 cm³/mol. The lowest BCUT2D eigenvalue weighted by Crippen LogP contribution is -2.41. The van der Waals surface area contributed by atoms with Crippen LogP contribution in [0.1, 0.15) is 18.4 Å². The molecule has 2 aromatic rings. The van der Waals surface area contributed by atoms with Crippen molar-refractivity contribution in [1.82, 2.24) is 9.55 Å². The Balaban J connectivity index is 1.90. The number of alkyl halides is 4. The van der Waals surface area contributed by atoms with Crippen LogP contribution in [0.15, 0.2) is 15.7 Å². The molecule has 170 valence electrons. The number of aromatic amines is 1. The quantitative estimate of drug-likeness (QED) is 0.661. The Hall–Kier alpha value is -2.47. The van der Waals surface area contributed by atoms with Crippen molar-refractivity contribution in [2.75, 3.05) is 24.5 Å². The summed E-state index contributed by atoms with van der Waals surface area (Å²) in [6.07, 6.45) is -0.567. The average Bonchev–Trinajstić information content (AvgIpc) is 3.46. The second kappa shape index (κ2) is 7.59.